The van der Waals surface area contributed by atoms with Crippen LogP contribution in [-0.4, -0.2) is 60.9 Å². The van der Waals surface area contributed by atoms with Crippen molar-refractivity contribution in [3.8, 4) is 11.1 Å². The molecule has 4 heterocycles. The summed E-state index contributed by atoms with van der Waals surface area (Å²) in [4.78, 5) is 47.3. The number of H-pyrrole nitrogens is 2. The quantitative estimate of drug-likeness (QED) is 0.110. The Hall–Kier alpha value is -3.76. The van der Waals surface area contributed by atoms with Crippen LogP contribution in [0.15, 0.2) is 60.7 Å². The van der Waals surface area contributed by atoms with Gasteiger partial charge in [0.15, 0.2) is 0 Å². The molecule has 55 heavy (non-hydrogen) atoms. The number of aromatic amines is 2. The number of thioether (sulfide) groups is 1. The zero-order chi connectivity index (χ0) is 39.2. The van der Waals surface area contributed by atoms with Crippen molar-refractivity contribution >= 4 is 58.3 Å². The number of rotatable bonds is 12. The topological polar surface area (TPSA) is 98.0 Å². The van der Waals surface area contributed by atoms with E-state index >= 15 is 0 Å². The number of aromatic nitrogens is 4. The first kappa shape index (κ1) is 39.5. The van der Waals surface area contributed by atoms with Crippen molar-refractivity contribution in [1.82, 2.24) is 29.7 Å². The molecule has 2 aliphatic rings. The maximum atomic E-state index is 13.7. The Morgan fingerprint density at radius 3 is 1.96 bits per heavy atom. The SMILES string of the molecule is CSC1(c2nc3ccc(CCc4ccc(-c5ccc6nc(C7(S)CCCN7C(=O)C(C)C(C)C(C)C)[nH]c6c5)cc4)cc3[nH]2)CCCN1C(=O)C(C)C(C)C. The number of nitrogens with zero attached hydrogens (tertiary/aromatic N) is 4. The van der Waals surface area contributed by atoms with Crippen LogP contribution in [0.3, 0.4) is 0 Å². The van der Waals surface area contributed by atoms with E-state index in [4.69, 9.17) is 22.6 Å². The first-order chi connectivity index (χ1) is 26.2. The average Bonchev–Trinajstić information content (AvgIpc) is 4.00. The van der Waals surface area contributed by atoms with Gasteiger partial charge in [0.05, 0.1) is 22.1 Å². The summed E-state index contributed by atoms with van der Waals surface area (Å²) in [6.07, 6.45) is 7.50. The van der Waals surface area contributed by atoms with E-state index in [2.05, 4.69) is 123 Å². The molecule has 2 aromatic heterocycles. The molecule has 2 amide bonds. The molecule has 2 fully saturated rings. The molecule has 292 valence electrons. The number of fused-ring (bicyclic) bond motifs is 2. The molecule has 7 rings (SSSR count). The van der Waals surface area contributed by atoms with Crippen LogP contribution in [0.5, 0.6) is 0 Å². The molecular formula is C45H58N6O2S2. The normalized spacial score (nSPS) is 22.0. The number of imidazole rings is 2. The largest absolute Gasteiger partial charge is 0.339 e. The lowest BCUT2D eigenvalue weighted by molar-refractivity contribution is -0.139. The van der Waals surface area contributed by atoms with Crippen molar-refractivity contribution in [3.05, 3.63) is 83.4 Å². The third kappa shape index (κ3) is 7.34. The van der Waals surface area contributed by atoms with Crippen LogP contribution >= 0.6 is 24.4 Å². The Bertz CT molecular complexity index is 2170. The molecule has 2 N–H and O–H groups in total. The third-order valence-electron chi connectivity index (χ3n) is 12.9. The van der Waals surface area contributed by atoms with Gasteiger partial charge in [-0.1, -0.05) is 84.9 Å². The summed E-state index contributed by atoms with van der Waals surface area (Å²) >= 11 is 6.87. The fourth-order valence-electron chi connectivity index (χ4n) is 8.49. The van der Waals surface area contributed by atoms with Crippen molar-refractivity contribution in [2.24, 2.45) is 29.6 Å². The monoisotopic (exact) mass is 778 g/mol. The van der Waals surface area contributed by atoms with Crippen molar-refractivity contribution in [2.75, 3.05) is 19.3 Å². The lowest BCUT2D eigenvalue weighted by atomic mass is 9.85. The lowest BCUT2D eigenvalue weighted by Crippen LogP contribution is -2.46. The standard InChI is InChI=1S/C45H58N6O2S2/c1-27(2)29(5)31(7)41(53)50-23-9-21-44(50,54)42-46-37-20-18-35(26-39(37)48-42)34-16-13-32(14-17-34)11-12-33-15-19-36-38(25-33)49-43(47-36)45(55-8)22-10-24-51(45)40(52)30(6)28(3)4/h13-20,25-31,54H,9-12,21-24H2,1-8H3,(H,46,48)(H,47,49). The third-order valence-corrected chi connectivity index (χ3v) is 14.9. The van der Waals surface area contributed by atoms with E-state index in [1.54, 1.807) is 11.8 Å². The minimum Gasteiger partial charge on any atom is -0.339 e. The Balaban J connectivity index is 1.03. The highest BCUT2D eigenvalue weighted by atomic mass is 32.2. The molecule has 5 atom stereocenters. The molecule has 3 aromatic carbocycles. The molecule has 10 heteroatoms. The number of hydrogen-bond acceptors (Lipinski definition) is 6. The molecule has 2 saturated heterocycles. The van der Waals surface area contributed by atoms with E-state index in [1.807, 2.05) is 11.8 Å². The molecule has 0 saturated carbocycles. The van der Waals surface area contributed by atoms with Gasteiger partial charge >= 0.3 is 0 Å². The number of carbonyl (C=O) groups is 2. The van der Waals surface area contributed by atoms with Gasteiger partial charge in [-0.25, -0.2) is 9.97 Å². The summed E-state index contributed by atoms with van der Waals surface area (Å²) in [5.41, 5.74) is 8.60. The predicted molar refractivity (Wildman–Crippen MR) is 230 cm³/mol. The van der Waals surface area contributed by atoms with E-state index in [0.29, 0.717) is 18.4 Å². The van der Waals surface area contributed by atoms with Crippen LogP contribution in [0, 0.1) is 29.6 Å². The lowest BCUT2D eigenvalue weighted by Gasteiger charge is -2.37. The van der Waals surface area contributed by atoms with Crippen LogP contribution < -0.4 is 0 Å². The summed E-state index contributed by atoms with van der Waals surface area (Å²) in [6, 6.07) is 21.7. The number of thiol groups is 1. The number of likely N-dealkylation sites (tertiary alicyclic amines) is 2. The van der Waals surface area contributed by atoms with Gasteiger partial charge in [0.25, 0.3) is 0 Å². The molecule has 0 aliphatic carbocycles. The van der Waals surface area contributed by atoms with Gasteiger partial charge in [0.1, 0.15) is 21.4 Å². The molecule has 5 unspecified atom stereocenters. The summed E-state index contributed by atoms with van der Waals surface area (Å²) in [7, 11) is 0. The molecule has 0 bridgehead atoms. The summed E-state index contributed by atoms with van der Waals surface area (Å²) in [6.45, 7) is 16.3. The first-order valence-corrected chi connectivity index (χ1v) is 21.9. The fourth-order valence-corrected chi connectivity index (χ4v) is 9.99. The van der Waals surface area contributed by atoms with Gasteiger partial charge in [-0.05, 0) is 109 Å². The van der Waals surface area contributed by atoms with Crippen molar-refractivity contribution in [3.63, 3.8) is 0 Å². The second-order valence-corrected chi connectivity index (χ2v) is 18.7. The van der Waals surface area contributed by atoms with Crippen LogP contribution in [0.25, 0.3) is 33.2 Å². The number of carbonyl (C=O) groups excluding carboxylic acids is 2. The minimum atomic E-state index is -0.743. The van der Waals surface area contributed by atoms with Gasteiger partial charge < -0.3 is 19.8 Å². The number of nitrogens with one attached hydrogen (secondary N) is 2. The van der Waals surface area contributed by atoms with Crippen LogP contribution in [0.1, 0.15) is 96.9 Å². The molecule has 2 aliphatic heterocycles. The van der Waals surface area contributed by atoms with Gasteiger partial charge in [-0.2, -0.15) is 0 Å². The molecule has 8 nitrogen and oxygen atoms in total. The summed E-state index contributed by atoms with van der Waals surface area (Å²) < 4.78 is 0. The number of hydrogen-bond donors (Lipinski definition) is 3. The highest BCUT2D eigenvalue weighted by Crippen LogP contribution is 2.47. The minimum absolute atomic E-state index is 0.0245. The van der Waals surface area contributed by atoms with E-state index < -0.39 is 9.74 Å². The molecular weight excluding hydrogens is 721 g/mol. The zero-order valence-corrected chi connectivity index (χ0v) is 35.5. The fraction of sp³-hybridized carbons (Fsp3) is 0.511. The first-order valence-electron chi connectivity index (χ1n) is 20.2. The smallest absolute Gasteiger partial charge is 0.227 e. The second-order valence-electron chi connectivity index (χ2n) is 16.9. The molecule has 0 radical (unpaired) electrons. The van der Waals surface area contributed by atoms with E-state index in [9.17, 15) is 9.59 Å². The van der Waals surface area contributed by atoms with Crippen molar-refractivity contribution in [1.29, 1.82) is 0 Å². The number of amides is 2. The Morgan fingerprint density at radius 2 is 1.27 bits per heavy atom. The van der Waals surface area contributed by atoms with Gasteiger partial charge in [0, 0.05) is 24.9 Å². The Morgan fingerprint density at radius 1 is 0.709 bits per heavy atom. The highest BCUT2D eigenvalue weighted by molar-refractivity contribution is 7.99. The second kappa shape index (κ2) is 15.6. The predicted octanol–water partition coefficient (Wildman–Crippen LogP) is 9.95. The Labute approximate surface area is 336 Å². The summed E-state index contributed by atoms with van der Waals surface area (Å²) in [5, 5.41) is 0. The van der Waals surface area contributed by atoms with E-state index in [-0.39, 0.29) is 29.6 Å². The van der Waals surface area contributed by atoms with E-state index in [0.717, 1.165) is 89.9 Å². The van der Waals surface area contributed by atoms with E-state index in [1.165, 1.54) is 11.1 Å². The van der Waals surface area contributed by atoms with Crippen molar-refractivity contribution < 1.29 is 9.59 Å². The van der Waals surface area contributed by atoms with Crippen LogP contribution in [0.2, 0.25) is 0 Å². The molecule has 0 spiro atoms. The maximum absolute atomic E-state index is 13.7. The Kier molecular flexibility index (Phi) is 11.2. The average molecular weight is 779 g/mol. The van der Waals surface area contributed by atoms with Crippen LogP contribution in [-0.2, 0) is 32.2 Å². The number of aryl methyl sites for hydroxylation is 2. The maximum Gasteiger partial charge on any atom is 0.227 e. The molecule has 5 aromatic rings. The van der Waals surface area contributed by atoms with Gasteiger partial charge in [-0.3, -0.25) is 9.59 Å². The highest BCUT2D eigenvalue weighted by Gasteiger charge is 2.48. The van der Waals surface area contributed by atoms with Crippen LogP contribution in [0.4, 0.5) is 0 Å². The van der Waals surface area contributed by atoms with Crippen molar-refractivity contribution in [2.45, 2.75) is 96.7 Å². The van der Waals surface area contributed by atoms with Gasteiger partial charge in [0.2, 0.25) is 11.8 Å². The summed E-state index contributed by atoms with van der Waals surface area (Å²) in [5.74, 6) is 2.92. The number of benzene rings is 3. The zero-order valence-electron chi connectivity index (χ0n) is 33.8. The van der Waals surface area contributed by atoms with Gasteiger partial charge in [-0.15, -0.1) is 24.4 Å².